The highest BCUT2D eigenvalue weighted by Crippen LogP contribution is 2.38. The molecule has 1 aliphatic heterocycles. The fourth-order valence-electron chi connectivity index (χ4n) is 2.60. The van der Waals surface area contributed by atoms with Crippen LogP contribution in [0, 0.1) is 0 Å². The van der Waals surface area contributed by atoms with Gasteiger partial charge in [-0.2, -0.15) is 8.78 Å². The minimum atomic E-state index is -2.98. The summed E-state index contributed by atoms with van der Waals surface area (Å²) < 4.78 is 40.5. The van der Waals surface area contributed by atoms with Crippen LogP contribution in [0.3, 0.4) is 0 Å². The zero-order chi connectivity index (χ0) is 20.6. The Bertz CT molecular complexity index is 884. The highest BCUT2D eigenvalue weighted by molar-refractivity contribution is 14.0. The Morgan fingerprint density at radius 3 is 2.53 bits per heavy atom. The molecular weight excluding hydrogens is 513 g/mol. The summed E-state index contributed by atoms with van der Waals surface area (Å²) in [5, 5.41) is 8.54. The summed E-state index contributed by atoms with van der Waals surface area (Å²) >= 11 is 0. The molecule has 3 N–H and O–H groups in total. The quantitative estimate of drug-likeness (QED) is 0.288. The van der Waals surface area contributed by atoms with Crippen molar-refractivity contribution in [2.24, 2.45) is 4.99 Å². The van der Waals surface area contributed by atoms with E-state index in [4.69, 9.17) is 9.47 Å². The topological polar surface area (TPSA) is 93.2 Å². The predicted molar refractivity (Wildman–Crippen MR) is 118 cm³/mol. The molecule has 0 aromatic heterocycles. The van der Waals surface area contributed by atoms with Crippen LogP contribution in [0.15, 0.2) is 47.5 Å². The van der Waals surface area contributed by atoms with Crippen molar-refractivity contribution >= 4 is 41.5 Å². The molecule has 0 unspecified atom stereocenters. The second-order valence-corrected chi connectivity index (χ2v) is 5.89. The molecule has 0 fully saturated rings. The summed E-state index contributed by atoms with van der Waals surface area (Å²) in [6.45, 7) is -2.89. The third kappa shape index (κ3) is 6.61. The number of ether oxygens (including phenoxy) is 3. The van der Waals surface area contributed by atoms with Crippen LogP contribution in [0.5, 0.6) is 17.2 Å². The molecule has 162 valence electrons. The maximum Gasteiger partial charge on any atom is 0.387 e. The van der Waals surface area contributed by atoms with Gasteiger partial charge in [0.25, 0.3) is 0 Å². The number of halogens is 3. The Hall–Kier alpha value is -2.83. The van der Waals surface area contributed by atoms with Crippen LogP contribution in [-0.4, -0.2) is 38.9 Å². The number of nitrogens with zero attached hydrogens (tertiary/aromatic N) is 1. The molecule has 2 aromatic rings. The molecule has 11 heteroatoms. The Morgan fingerprint density at radius 2 is 1.87 bits per heavy atom. The maximum absolute atomic E-state index is 12.7. The molecule has 1 aliphatic rings. The molecule has 0 saturated carbocycles. The maximum atomic E-state index is 12.7. The van der Waals surface area contributed by atoms with E-state index in [-0.39, 0.29) is 55.5 Å². The summed E-state index contributed by atoms with van der Waals surface area (Å²) in [7, 11) is 1.53. The van der Waals surface area contributed by atoms with Crippen molar-refractivity contribution in [2.45, 2.75) is 13.2 Å². The predicted octanol–water partition coefficient (Wildman–Crippen LogP) is 2.94. The summed E-state index contributed by atoms with van der Waals surface area (Å²) in [4.78, 5) is 16.0. The van der Waals surface area contributed by atoms with Crippen molar-refractivity contribution in [2.75, 3.05) is 25.7 Å². The van der Waals surface area contributed by atoms with E-state index in [2.05, 4.69) is 25.7 Å². The van der Waals surface area contributed by atoms with Gasteiger partial charge in [0.2, 0.25) is 12.7 Å². The summed E-state index contributed by atoms with van der Waals surface area (Å²) in [6.07, 6.45) is 0. The van der Waals surface area contributed by atoms with Crippen molar-refractivity contribution in [1.29, 1.82) is 0 Å². The largest absolute Gasteiger partial charge is 0.454 e. The van der Waals surface area contributed by atoms with Crippen LogP contribution in [-0.2, 0) is 11.3 Å². The third-order valence-corrected chi connectivity index (χ3v) is 3.92. The van der Waals surface area contributed by atoms with Crippen molar-refractivity contribution in [3.63, 3.8) is 0 Å². The molecule has 3 rings (SSSR count). The van der Waals surface area contributed by atoms with E-state index in [0.717, 1.165) is 0 Å². The molecule has 8 nitrogen and oxygen atoms in total. The van der Waals surface area contributed by atoms with Crippen LogP contribution >= 0.6 is 24.0 Å². The lowest BCUT2D eigenvalue weighted by molar-refractivity contribution is -0.115. The summed E-state index contributed by atoms with van der Waals surface area (Å²) in [5.74, 6) is 0.796. The van der Waals surface area contributed by atoms with Crippen molar-refractivity contribution in [3.8, 4) is 17.2 Å². The van der Waals surface area contributed by atoms with Gasteiger partial charge in [0.15, 0.2) is 17.5 Å². The molecule has 30 heavy (non-hydrogen) atoms. The Kier molecular flexibility index (Phi) is 8.89. The van der Waals surface area contributed by atoms with Gasteiger partial charge >= 0.3 is 6.61 Å². The molecular formula is C19H21F2IN4O4. The van der Waals surface area contributed by atoms with E-state index in [1.54, 1.807) is 18.2 Å². The van der Waals surface area contributed by atoms with Crippen LogP contribution in [0.1, 0.15) is 5.56 Å². The number of fused-ring (bicyclic) bond motifs is 1. The number of rotatable bonds is 7. The standard InChI is InChI=1S/C19H20F2N4O4.HI/c1-22-19(24-10-17(26)25-13-5-3-2-4-6-13)23-9-12-7-15-16(28-11-27-15)8-14(12)29-18(20)21;/h2-8,18H,9-11H2,1H3,(H,25,26)(H2,22,23,24);1H. The minimum Gasteiger partial charge on any atom is -0.454 e. The number of anilines is 1. The number of para-hydroxylation sites is 1. The summed E-state index contributed by atoms with van der Waals surface area (Å²) in [6, 6.07) is 11.9. The highest BCUT2D eigenvalue weighted by atomic mass is 127. The second-order valence-electron chi connectivity index (χ2n) is 5.89. The van der Waals surface area contributed by atoms with Gasteiger partial charge < -0.3 is 30.2 Å². The highest BCUT2D eigenvalue weighted by Gasteiger charge is 2.20. The van der Waals surface area contributed by atoms with Crippen LogP contribution < -0.4 is 30.2 Å². The monoisotopic (exact) mass is 534 g/mol. The number of benzene rings is 2. The van der Waals surface area contributed by atoms with Gasteiger partial charge in [-0.05, 0) is 18.2 Å². The van der Waals surface area contributed by atoms with E-state index >= 15 is 0 Å². The number of guanidine groups is 1. The molecule has 0 bridgehead atoms. The number of amides is 1. The fourth-order valence-corrected chi connectivity index (χ4v) is 2.60. The zero-order valence-electron chi connectivity index (χ0n) is 16.0. The lowest BCUT2D eigenvalue weighted by Crippen LogP contribution is -2.41. The molecule has 0 saturated heterocycles. The average Bonchev–Trinajstić information content (AvgIpc) is 3.15. The smallest absolute Gasteiger partial charge is 0.387 e. The van der Waals surface area contributed by atoms with E-state index < -0.39 is 6.61 Å². The van der Waals surface area contributed by atoms with E-state index in [1.165, 1.54) is 13.1 Å². The number of alkyl halides is 2. The van der Waals surface area contributed by atoms with Crippen LogP contribution in [0.4, 0.5) is 14.5 Å². The van der Waals surface area contributed by atoms with E-state index in [0.29, 0.717) is 28.7 Å². The van der Waals surface area contributed by atoms with Gasteiger partial charge in [-0.3, -0.25) is 9.79 Å². The van der Waals surface area contributed by atoms with Crippen LogP contribution in [0.2, 0.25) is 0 Å². The average molecular weight is 534 g/mol. The van der Waals surface area contributed by atoms with Crippen molar-refractivity contribution in [3.05, 3.63) is 48.0 Å². The van der Waals surface area contributed by atoms with E-state index in [1.807, 2.05) is 18.2 Å². The molecule has 0 aliphatic carbocycles. The van der Waals surface area contributed by atoms with Gasteiger partial charge in [-0.15, -0.1) is 24.0 Å². The Balaban J connectivity index is 0.00000320. The fraction of sp³-hybridized carbons (Fsp3) is 0.263. The first-order chi connectivity index (χ1) is 14.0. The molecule has 2 aromatic carbocycles. The number of hydrogen-bond acceptors (Lipinski definition) is 5. The first-order valence-corrected chi connectivity index (χ1v) is 8.72. The SMILES string of the molecule is CN=C(NCC(=O)Nc1ccccc1)NCc1cc2c(cc1OC(F)F)OCO2.I. The van der Waals surface area contributed by atoms with Gasteiger partial charge in [0, 0.05) is 30.9 Å². The summed E-state index contributed by atoms with van der Waals surface area (Å²) in [5.41, 5.74) is 1.10. The van der Waals surface area contributed by atoms with Crippen LogP contribution in [0.25, 0.3) is 0 Å². The number of carbonyl (C=O) groups is 1. The first-order valence-electron chi connectivity index (χ1n) is 8.72. The molecule has 0 atom stereocenters. The first kappa shape index (κ1) is 23.4. The molecule has 0 radical (unpaired) electrons. The number of carbonyl (C=O) groups excluding carboxylic acids is 1. The Morgan fingerprint density at radius 1 is 1.17 bits per heavy atom. The van der Waals surface area contributed by atoms with E-state index in [9.17, 15) is 13.6 Å². The van der Waals surface area contributed by atoms with Gasteiger partial charge in [0.05, 0.1) is 6.54 Å². The molecule has 0 spiro atoms. The Labute approximate surface area is 189 Å². The van der Waals surface area contributed by atoms with Gasteiger partial charge in [0.1, 0.15) is 5.75 Å². The van der Waals surface area contributed by atoms with Gasteiger partial charge in [-0.25, -0.2) is 0 Å². The van der Waals surface area contributed by atoms with Gasteiger partial charge in [-0.1, -0.05) is 18.2 Å². The minimum absolute atomic E-state index is 0. The molecule has 1 amide bonds. The number of nitrogens with one attached hydrogen (secondary N) is 3. The number of aliphatic imine (C=N–C) groups is 1. The lowest BCUT2D eigenvalue weighted by Gasteiger charge is -2.15. The normalized spacial score (nSPS) is 12.2. The van der Waals surface area contributed by atoms with Crippen molar-refractivity contribution < 1.29 is 27.8 Å². The number of hydrogen-bond donors (Lipinski definition) is 3. The second kappa shape index (κ2) is 11.4. The third-order valence-electron chi connectivity index (χ3n) is 3.92. The lowest BCUT2D eigenvalue weighted by atomic mass is 10.1. The zero-order valence-corrected chi connectivity index (χ0v) is 18.3. The molecule has 1 heterocycles. The van der Waals surface area contributed by atoms with Crippen molar-refractivity contribution in [1.82, 2.24) is 10.6 Å².